The number of para-hydroxylation sites is 10. The van der Waals surface area contributed by atoms with Crippen molar-refractivity contribution >= 4 is 175 Å². The monoisotopic (exact) mass is 1830 g/mol. The topological polar surface area (TPSA) is 150 Å². The Labute approximate surface area is 816 Å². The Kier molecular flexibility index (Phi) is 18.1. The standard InChI is InChI=1S/C46H28N4O.C43H29N3O.C40H23N3O2/c1-3-14-29(15-4-1)46-47-43(45-44(48-46)35-22-9-12-25-42(35)51-45)30-16-13-19-32(26-30)50-39-24-11-8-21-34(39)37-27-40-36(28-41(37)50)33-20-7-10-23-38(33)49(40)31-17-5-2-6-18-31;1-43(2)34-20-9-6-17-29(34)32-25-37-33(24-35(32)43)30-18-7-10-21-36(30)46(37)28-16-12-15-27(23-28)39-41-40(31-19-8-11-22-38(31)47-41)45-42(44-39)26-13-4-3-5-14-26;1-2-12-24(13-3-1)40-41-37(39-38(42-40)28-17-7-11-21-35(28)45-39)27-16-5-9-19-32(27)43-31-18-8-4-14-25(31)29-23-36-30(22-33(29)43)26-15-6-10-20-34(26)44-36/h1-28H;3-25H,1-2H3;1-23H. The van der Waals surface area contributed by atoms with Crippen molar-refractivity contribution in [3.8, 4) is 102 Å². The van der Waals surface area contributed by atoms with Gasteiger partial charge >= 0.3 is 0 Å². The third-order valence-electron chi connectivity index (χ3n) is 28.9. The number of hydrogen-bond donors (Lipinski definition) is 0. The van der Waals surface area contributed by atoms with Crippen LogP contribution in [-0.4, -0.2) is 48.2 Å². The molecule has 11 aromatic heterocycles. The predicted molar refractivity (Wildman–Crippen MR) is 583 cm³/mol. The van der Waals surface area contributed by atoms with Gasteiger partial charge in [-0.2, -0.15) is 0 Å². The lowest BCUT2D eigenvalue weighted by Crippen LogP contribution is -2.14. The van der Waals surface area contributed by atoms with Gasteiger partial charge in [0.1, 0.15) is 61.5 Å². The van der Waals surface area contributed by atoms with Gasteiger partial charge in [0.2, 0.25) is 0 Å². The molecule has 0 saturated carbocycles. The van der Waals surface area contributed by atoms with E-state index in [1.165, 1.54) is 76.6 Å². The van der Waals surface area contributed by atoms with Crippen LogP contribution < -0.4 is 0 Å². The molecule has 0 unspecified atom stereocenters. The average Bonchev–Trinajstić information content (AvgIpc) is 1.55. The molecule has 1 aliphatic carbocycles. The third kappa shape index (κ3) is 12.8. The number of benzene rings is 19. The van der Waals surface area contributed by atoms with E-state index in [-0.39, 0.29) is 5.41 Å². The fraction of sp³-hybridized carbons (Fsp3) is 0.0233. The molecule has 14 heteroatoms. The molecule has 143 heavy (non-hydrogen) atoms. The number of furan rings is 4. The summed E-state index contributed by atoms with van der Waals surface area (Å²) in [5.41, 5.74) is 35.6. The molecule has 0 radical (unpaired) electrons. The molecule has 19 aromatic carbocycles. The van der Waals surface area contributed by atoms with E-state index in [0.717, 1.165) is 177 Å². The molecule has 14 nitrogen and oxygen atoms in total. The minimum absolute atomic E-state index is 0.0648. The summed E-state index contributed by atoms with van der Waals surface area (Å²) in [5.74, 6) is 2.01. The zero-order valence-corrected chi connectivity index (χ0v) is 77.3. The fourth-order valence-electron chi connectivity index (χ4n) is 22.4. The van der Waals surface area contributed by atoms with Gasteiger partial charge in [-0.1, -0.05) is 317 Å². The Bertz CT molecular complexity index is 10500. The maximum atomic E-state index is 6.52. The van der Waals surface area contributed by atoms with Crippen molar-refractivity contribution in [1.82, 2.24) is 48.2 Å². The SMILES string of the molecule is CC1(C)c2ccccc2-c2cc3c(cc21)c1ccccc1n3-c1cccc(-c2nc(-c3ccccc3)nc3c2oc2ccccc23)c1.c1ccc(-c2nc(-c3cccc(-n4c5ccccc5c5cc6c(cc54)c4ccccc4n6-c4ccccc4)c3)c3oc4ccccc4c3n2)cc1.c1ccc(-c2nc(-c3ccccc3-n3c4ccccc4c4cc5oc6ccccc6c5cc43)c3oc4ccccc4c3n2)cc1. The van der Waals surface area contributed by atoms with Crippen LogP contribution in [0.25, 0.3) is 277 Å². The van der Waals surface area contributed by atoms with Gasteiger partial charge in [0, 0.05) is 126 Å². The Morgan fingerprint density at radius 2 is 0.517 bits per heavy atom. The number of aromatic nitrogens is 10. The maximum Gasteiger partial charge on any atom is 0.180 e. The van der Waals surface area contributed by atoms with Crippen LogP contribution in [0.15, 0.2) is 467 Å². The van der Waals surface area contributed by atoms with E-state index < -0.39 is 0 Å². The van der Waals surface area contributed by atoms with E-state index in [9.17, 15) is 0 Å². The zero-order valence-electron chi connectivity index (χ0n) is 77.3. The highest BCUT2D eigenvalue weighted by Gasteiger charge is 2.37. The maximum absolute atomic E-state index is 6.52. The molecule has 1 aliphatic rings. The molecule has 31 rings (SSSR count). The molecule has 0 saturated heterocycles. The largest absolute Gasteiger partial charge is 0.456 e. The van der Waals surface area contributed by atoms with E-state index >= 15 is 0 Å². The first-order valence-electron chi connectivity index (χ1n) is 48.3. The highest BCUT2D eigenvalue weighted by Crippen LogP contribution is 2.53. The first-order valence-corrected chi connectivity index (χ1v) is 48.3. The van der Waals surface area contributed by atoms with Crippen LogP contribution in [0, 0.1) is 0 Å². The smallest absolute Gasteiger partial charge is 0.180 e. The third-order valence-corrected chi connectivity index (χ3v) is 28.9. The van der Waals surface area contributed by atoms with Crippen LogP contribution in [0.2, 0.25) is 0 Å². The van der Waals surface area contributed by atoms with Crippen LogP contribution in [0.4, 0.5) is 0 Å². The summed E-state index contributed by atoms with van der Waals surface area (Å²) in [6.45, 7) is 4.69. The van der Waals surface area contributed by atoms with Crippen LogP contribution >= 0.6 is 0 Å². The lowest BCUT2D eigenvalue weighted by atomic mass is 9.82. The number of nitrogens with zero attached hydrogens (tertiary/aromatic N) is 10. The van der Waals surface area contributed by atoms with Crippen molar-refractivity contribution in [2.45, 2.75) is 19.3 Å². The molecule has 11 heterocycles. The molecule has 0 spiro atoms. The number of hydrogen-bond acceptors (Lipinski definition) is 10. The molecule has 0 amide bonds. The minimum atomic E-state index is -0.0648. The van der Waals surface area contributed by atoms with Crippen LogP contribution in [0.1, 0.15) is 25.0 Å². The van der Waals surface area contributed by atoms with Crippen molar-refractivity contribution in [3.63, 3.8) is 0 Å². The predicted octanol–water partition coefficient (Wildman–Crippen LogP) is 33.7. The molecule has 30 aromatic rings. The minimum Gasteiger partial charge on any atom is -0.456 e. The van der Waals surface area contributed by atoms with Gasteiger partial charge in [-0.25, -0.2) is 29.9 Å². The molecular weight excluding hydrogens is 1750 g/mol. The Balaban J connectivity index is 0.000000102. The summed E-state index contributed by atoms with van der Waals surface area (Å²) >= 11 is 0. The van der Waals surface area contributed by atoms with Gasteiger partial charge in [-0.3, -0.25) is 0 Å². The van der Waals surface area contributed by atoms with Crippen LogP contribution in [-0.2, 0) is 5.41 Å². The van der Waals surface area contributed by atoms with E-state index in [1.54, 1.807) is 0 Å². The van der Waals surface area contributed by atoms with E-state index in [1.807, 2.05) is 133 Å². The van der Waals surface area contributed by atoms with Crippen molar-refractivity contribution in [2.75, 3.05) is 0 Å². The Morgan fingerprint density at radius 1 is 0.189 bits per heavy atom. The van der Waals surface area contributed by atoms with E-state index in [0.29, 0.717) is 34.2 Å². The van der Waals surface area contributed by atoms with Crippen LogP contribution in [0.3, 0.4) is 0 Å². The van der Waals surface area contributed by atoms with Gasteiger partial charge in [0.05, 0.1) is 49.8 Å². The second kappa shape index (κ2) is 32.0. The van der Waals surface area contributed by atoms with Gasteiger partial charge in [-0.05, 0) is 168 Å². The van der Waals surface area contributed by atoms with Gasteiger partial charge in [0.15, 0.2) is 34.2 Å². The first kappa shape index (κ1) is 81.0. The van der Waals surface area contributed by atoms with Gasteiger partial charge in [-0.15, -0.1) is 0 Å². The highest BCUT2D eigenvalue weighted by atomic mass is 16.3. The molecule has 0 aliphatic heterocycles. The normalized spacial score (nSPS) is 12.5. The van der Waals surface area contributed by atoms with Gasteiger partial charge in [0.25, 0.3) is 0 Å². The lowest BCUT2D eigenvalue weighted by Gasteiger charge is -2.21. The quantitative estimate of drug-likeness (QED) is 0.129. The average molecular weight is 1830 g/mol. The summed E-state index contributed by atoms with van der Waals surface area (Å²) in [6.07, 6.45) is 0. The zero-order chi connectivity index (χ0) is 94.2. The second-order valence-electron chi connectivity index (χ2n) is 37.4. The molecule has 670 valence electrons. The summed E-state index contributed by atoms with van der Waals surface area (Å²) in [5, 5.41) is 14.8. The van der Waals surface area contributed by atoms with E-state index in [2.05, 4.69) is 348 Å². The number of fused-ring (bicyclic) bond motifs is 27. The summed E-state index contributed by atoms with van der Waals surface area (Å²) in [6, 6.07) is 157. The second-order valence-corrected chi connectivity index (χ2v) is 37.4. The van der Waals surface area contributed by atoms with Crippen LogP contribution in [0.5, 0.6) is 0 Å². The van der Waals surface area contributed by atoms with Crippen molar-refractivity contribution in [2.24, 2.45) is 0 Å². The van der Waals surface area contributed by atoms with Crippen molar-refractivity contribution in [3.05, 3.63) is 460 Å². The Hall–Kier alpha value is -19.2. The lowest BCUT2D eigenvalue weighted by molar-refractivity contribution is 0.661. The molecule has 0 atom stereocenters. The first-order chi connectivity index (χ1) is 70.7. The molecular formula is C129H80N10O4. The van der Waals surface area contributed by atoms with Crippen molar-refractivity contribution < 1.29 is 17.7 Å². The van der Waals surface area contributed by atoms with Gasteiger partial charge < -0.3 is 35.9 Å². The van der Waals surface area contributed by atoms with E-state index in [4.69, 9.17) is 47.6 Å². The number of rotatable bonds is 10. The molecule has 0 N–H and O–H groups in total. The summed E-state index contributed by atoms with van der Waals surface area (Å²) < 4.78 is 35.3. The fourth-order valence-corrected chi connectivity index (χ4v) is 22.4. The molecule has 0 bridgehead atoms. The Morgan fingerprint density at radius 3 is 1.00 bits per heavy atom. The van der Waals surface area contributed by atoms with Crippen molar-refractivity contribution in [1.29, 1.82) is 0 Å². The summed E-state index contributed by atoms with van der Waals surface area (Å²) in [7, 11) is 0. The highest BCUT2D eigenvalue weighted by molar-refractivity contribution is 6.22. The molecule has 0 fully saturated rings. The summed E-state index contributed by atoms with van der Waals surface area (Å²) in [4.78, 5) is 30.7.